The maximum Gasteiger partial charge on any atom is 0.229 e. The second-order valence-corrected chi connectivity index (χ2v) is 5.88. The molecule has 0 spiro atoms. The molecule has 98 valence electrons. The molecular weight excluding hydrogens is 292 g/mol. The lowest BCUT2D eigenvalue weighted by Gasteiger charge is -2.27. The van der Waals surface area contributed by atoms with Crippen molar-refractivity contribution in [2.75, 3.05) is 5.32 Å². The first kappa shape index (κ1) is 13.6. The monoisotopic (exact) mass is 310 g/mol. The number of rotatable bonds is 2. The molecule has 0 heterocycles. The van der Waals surface area contributed by atoms with E-state index < -0.39 is 0 Å². The van der Waals surface area contributed by atoms with Crippen LogP contribution in [0.2, 0.25) is 0 Å². The van der Waals surface area contributed by atoms with E-state index in [0.717, 1.165) is 41.4 Å². The Bertz CT molecular complexity index is 447. The Morgan fingerprint density at radius 3 is 2.83 bits per heavy atom. The lowest BCUT2D eigenvalue weighted by Crippen LogP contribution is -2.40. The minimum Gasteiger partial charge on any atom is -0.327 e. The zero-order chi connectivity index (χ0) is 13.1. The highest BCUT2D eigenvalue weighted by Gasteiger charge is 2.28. The fraction of sp³-hybridized carbons (Fsp3) is 0.500. The first-order valence-corrected chi connectivity index (χ1v) is 7.20. The highest BCUT2D eigenvalue weighted by molar-refractivity contribution is 9.10. The van der Waals surface area contributed by atoms with Crippen LogP contribution in [0.3, 0.4) is 0 Å². The summed E-state index contributed by atoms with van der Waals surface area (Å²) in [6.07, 6.45) is 4.09. The molecule has 3 N–H and O–H groups in total. The molecule has 2 unspecified atom stereocenters. The van der Waals surface area contributed by atoms with Crippen LogP contribution in [-0.4, -0.2) is 11.9 Å². The third-order valence-electron chi connectivity index (χ3n) is 3.54. The number of carbonyl (C=O) groups is 1. The number of nitrogens with two attached hydrogens (primary N) is 1. The summed E-state index contributed by atoms with van der Waals surface area (Å²) in [4.78, 5) is 12.2. The summed E-state index contributed by atoms with van der Waals surface area (Å²) in [7, 11) is 0. The van der Waals surface area contributed by atoms with Crippen molar-refractivity contribution in [2.45, 2.75) is 38.6 Å². The third kappa shape index (κ3) is 3.12. The second-order valence-electron chi connectivity index (χ2n) is 5.03. The molecule has 1 aliphatic carbocycles. The van der Waals surface area contributed by atoms with Gasteiger partial charge in [-0.2, -0.15) is 0 Å². The standard InChI is InChI=1S/C14H19BrN2O/c1-9-6-7-11(15)13(8-9)17-14(18)10-4-2-3-5-12(10)16/h6-8,10,12H,2-5,16H2,1H3,(H,17,18). The molecule has 4 heteroatoms. The molecule has 18 heavy (non-hydrogen) atoms. The summed E-state index contributed by atoms with van der Waals surface area (Å²) in [5.74, 6) is -0.000313. The minimum absolute atomic E-state index is 0.00216. The number of amides is 1. The smallest absolute Gasteiger partial charge is 0.229 e. The van der Waals surface area contributed by atoms with Crippen molar-refractivity contribution in [3.05, 3.63) is 28.2 Å². The van der Waals surface area contributed by atoms with E-state index in [1.807, 2.05) is 25.1 Å². The van der Waals surface area contributed by atoms with Gasteiger partial charge in [0.25, 0.3) is 0 Å². The molecule has 1 amide bonds. The molecule has 1 fully saturated rings. The van der Waals surface area contributed by atoms with Gasteiger partial charge in [-0.3, -0.25) is 4.79 Å². The summed E-state index contributed by atoms with van der Waals surface area (Å²) in [6, 6.07) is 5.93. The van der Waals surface area contributed by atoms with E-state index >= 15 is 0 Å². The molecule has 1 aromatic rings. The van der Waals surface area contributed by atoms with Crippen molar-refractivity contribution in [1.82, 2.24) is 0 Å². The van der Waals surface area contributed by atoms with Gasteiger partial charge >= 0.3 is 0 Å². The average Bonchev–Trinajstić information content (AvgIpc) is 2.34. The number of hydrogen-bond acceptors (Lipinski definition) is 2. The summed E-state index contributed by atoms with van der Waals surface area (Å²) >= 11 is 3.45. The van der Waals surface area contributed by atoms with Crippen LogP contribution in [0.4, 0.5) is 5.69 Å². The highest BCUT2D eigenvalue weighted by atomic mass is 79.9. The first-order chi connectivity index (χ1) is 8.58. The molecule has 1 saturated carbocycles. The van der Waals surface area contributed by atoms with E-state index in [1.54, 1.807) is 0 Å². The van der Waals surface area contributed by atoms with Crippen molar-refractivity contribution >= 4 is 27.5 Å². The van der Waals surface area contributed by atoms with Crippen LogP contribution in [0, 0.1) is 12.8 Å². The summed E-state index contributed by atoms with van der Waals surface area (Å²) < 4.78 is 0.908. The Morgan fingerprint density at radius 1 is 1.39 bits per heavy atom. The molecule has 0 aromatic heterocycles. The summed E-state index contributed by atoms with van der Waals surface area (Å²) in [6.45, 7) is 2.01. The molecule has 0 radical (unpaired) electrons. The van der Waals surface area contributed by atoms with Gasteiger partial charge in [0, 0.05) is 10.5 Å². The molecule has 2 atom stereocenters. The maximum atomic E-state index is 12.2. The van der Waals surface area contributed by atoms with Crippen LogP contribution in [-0.2, 0) is 4.79 Å². The first-order valence-electron chi connectivity index (χ1n) is 6.40. The molecule has 2 rings (SSSR count). The van der Waals surface area contributed by atoms with Gasteiger partial charge < -0.3 is 11.1 Å². The SMILES string of the molecule is Cc1ccc(Br)c(NC(=O)C2CCCCC2N)c1. The van der Waals surface area contributed by atoms with Gasteiger partial charge in [0.1, 0.15) is 0 Å². The number of halogens is 1. The topological polar surface area (TPSA) is 55.1 Å². The summed E-state index contributed by atoms with van der Waals surface area (Å²) in [5.41, 5.74) is 7.99. The predicted molar refractivity (Wildman–Crippen MR) is 77.4 cm³/mol. The Kier molecular flexibility index (Phi) is 4.40. The van der Waals surface area contributed by atoms with Crippen molar-refractivity contribution in [2.24, 2.45) is 11.7 Å². The number of nitrogens with one attached hydrogen (secondary N) is 1. The van der Waals surface area contributed by atoms with Crippen LogP contribution in [0.1, 0.15) is 31.2 Å². The molecule has 1 aliphatic rings. The fourth-order valence-corrected chi connectivity index (χ4v) is 2.79. The number of carbonyl (C=O) groups excluding carboxylic acids is 1. The number of hydrogen-bond donors (Lipinski definition) is 2. The van der Waals surface area contributed by atoms with Crippen molar-refractivity contribution in [3.63, 3.8) is 0 Å². The van der Waals surface area contributed by atoms with E-state index in [-0.39, 0.29) is 17.9 Å². The molecular formula is C14H19BrN2O. The van der Waals surface area contributed by atoms with E-state index in [2.05, 4.69) is 21.2 Å². The number of benzene rings is 1. The van der Waals surface area contributed by atoms with Gasteiger partial charge in [0.2, 0.25) is 5.91 Å². The minimum atomic E-state index is -0.0498. The Labute approximate surface area is 116 Å². The molecule has 3 nitrogen and oxygen atoms in total. The van der Waals surface area contributed by atoms with Crippen molar-refractivity contribution in [3.8, 4) is 0 Å². The largest absolute Gasteiger partial charge is 0.327 e. The number of anilines is 1. The third-order valence-corrected chi connectivity index (χ3v) is 4.23. The van der Waals surface area contributed by atoms with Crippen LogP contribution in [0.25, 0.3) is 0 Å². The van der Waals surface area contributed by atoms with Crippen molar-refractivity contribution in [1.29, 1.82) is 0 Å². The van der Waals surface area contributed by atoms with E-state index in [9.17, 15) is 4.79 Å². The van der Waals surface area contributed by atoms with Crippen LogP contribution in [0.5, 0.6) is 0 Å². The van der Waals surface area contributed by atoms with Gasteiger partial charge in [-0.05, 0) is 53.4 Å². The lowest BCUT2D eigenvalue weighted by molar-refractivity contribution is -0.121. The maximum absolute atomic E-state index is 12.2. The van der Waals surface area contributed by atoms with E-state index in [1.165, 1.54) is 0 Å². The van der Waals surface area contributed by atoms with Crippen LogP contribution >= 0.6 is 15.9 Å². The Hall–Kier alpha value is -0.870. The van der Waals surface area contributed by atoms with Crippen LogP contribution in [0.15, 0.2) is 22.7 Å². The van der Waals surface area contributed by atoms with Gasteiger partial charge in [-0.25, -0.2) is 0 Å². The second kappa shape index (κ2) is 5.85. The highest BCUT2D eigenvalue weighted by Crippen LogP contribution is 2.27. The van der Waals surface area contributed by atoms with Gasteiger partial charge in [0.15, 0.2) is 0 Å². The van der Waals surface area contributed by atoms with Crippen LogP contribution < -0.4 is 11.1 Å². The molecule has 0 bridgehead atoms. The normalized spacial score (nSPS) is 23.7. The van der Waals surface area contributed by atoms with E-state index in [4.69, 9.17) is 5.73 Å². The van der Waals surface area contributed by atoms with Gasteiger partial charge in [-0.1, -0.05) is 18.9 Å². The number of aryl methyl sites for hydroxylation is 1. The van der Waals surface area contributed by atoms with Gasteiger partial charge in [0.05, 0.1) is 11.6 Å². The van der Waals surface area contributed by atoms with E-state index in [0.29, 0.717) is 0 Å². The zero-order valence-electron chi connectivity index (χ0n) is 10.6. The molecule has 0 aliphatic heterocycles. The Balaban J connectivity index is 2.08. The molecule has 0 saturated heterocycles. The summed E-state index contributed by atoms with van der Waals surface area (Å²) in [5, 5.41) is 2.99. The van der Waals surface area contributed by atoms with Crippen molar-refractivity contribution < 1.29 is 4.79 Å². The lowest BCUT2D eigenvalue weighted by atomic mass is 9.84. The zero-order valence-corrected chi connectivity index (χ0v) is 12.2. The average molecular weight is 311 g/mol. The predicted octanol–water partition coefficient (Wildman–Crippen LogP) is 3.21. The fourth-order valence-electron chi connectivity index (χ4n) is 2.45. The Morgan fingerprint density at radius 2 is 2.11 bits per heavy atom. The van der Waals surface area contributed by atoms with Gasteiger partial charge in [-0.15, -0.1) is 0 Å². The quantitative estimate of drug-likeness (QED) is 0.881. The molecule has 1 aromatic carbocycles.